The molecule has 5 rings (SSSR count). The Bertz CT molecular complexity index is 1580. The Morgan fingerprint density at radius 1 is 1.00 bits per heavy atom. The Morgan fingerprint density at radius 3 is 2.43 bits per heavy atom. The highest BCUT2D eigenvalue weighted by Gasteiger charge is 2.22. The number of nitrogens with zero attached hydrogens (tertiary/aromatic N) is 3. The molecule has 3 aromatic rings. The largest absolute Gasteiger partial charge is 0.342 e. The van der Waals surface area contributed by atoms with Gasteiger partial charge in [-0.3, -0.25) is 9.59 Å². The first-order valence-electron chi connectivity index (χ1n) is 11.4. The lowest BCUT2D eigenvalue weighted by molar-refractivity contribution is -0.117. The Morgan fingerprint density at radius 2 is 1.71 bits per heavy atom. The van der Waals surface area contributed by atoms with E-state index in [4.69, 9.17) is 0 Å². The number of nitrogens with one attached hydrogen (secondary N) is 1. The van der Waals surface area contributed by atoms with Gasteiger partial charge in [0, 0.05) is 23.8 Å². The molecule has 176 valence electrons. The summed E-state index contributed by atoms with van der Waals surface area (Å²) in [5.41, 5.74) is 5.88. The summed E-state index contributed by atoms with van der Waals surface area (Å²) < 4.78 is 17.3. The Hall–Kier alpha value is -4.26. The molecule has 1 N–H and O–H groups in total. The number of carbonyl (C=O) groups is 1. The van der Waals surface area contributed by atoms with Gasteiger partial charge in [0.2, 0.25) is 5.91 Å². The van der Waals surface area contributed by atoms with Crippen LogP contribution >= 0.6 is 0 Å². The molecule has 0 fully saturated rings. The van der Waals surface area contributed by atoms with E-state index in [2.05, 4.69) is 10.4 Å². The van der Waals surface area contributed by atoms with Crippen LogP contribution in [-0.4, -0.2) is 20.3 Å². The number of hydrogen-bond donors (Lipinski definition) is 1. The second kappa shape index (κ2) is 8.83. The first-order valence-corrected chi connectivity index (χ1v) is 11.4. The molecule has 0 aromatic heterocycles. The fourth-order valence-electron chi connectivity index (χ4n) is 4.66. The lowest BCUT2D eigenvalue weighted by Crippen LogP contribution is -2.26. The molecular formula is C28H25FN4O2. The zero-order chi connectivity index (χ0) is 24.7. The molecular weight excluding hydrogens is 443 g/mol. The van der Waals surface area contributed by atoms with E-state index < -0.39 is 5.82 Å². The third-order valence-electron chi connectivity index (χ3n) is 6.18. The molecule has 0 unspecified atom stereocenters. The number of aryl methyl sites for hydroxylation is 3. The number of pyridine rings is 1. The van der Waals surface area contributed by atoms with Crippen molar-refractivity contribution in [1.29, 1.82) is 0 Å². The molecule has 2 aliphatic rings. The number of hydrogen-bond acceptors (Lipinski definition) is 3. The highest BCUT2D eigenvalue weighted by Crippen LogP contribution is 2.29. The predicted octanol–water partition coefficient (Wildman–Crippen LogP) is 5.05. The predicted molar refractivity (Wildman–Crippen MR) is 135 cm³/mol. The van der Waals surface area contributed by atoms with Crippen molar-refractivity contribution in [2.45, 2.75) is 33.9 Å². The summed E-state index contributed by atoms with van der Waals surface area (Å²) in [7, 11) is 0. The van der Waals surface area contributed by atoms with Crippen LogP contribution in [0.3, 0.4) is 0 Å². The number of carbonyl (C=O) groups excluding carboxylic acids is 1. The van der Waals surface area contributed by atoms with Crippen molar-refractivity contribution in [1.82, 2.24) is 14.3 Å². The second-order valence-electron chi connectivity index (χ2n) is 8.95. The minimum absolute atomic E-state index is 0.240. The van der Waals surface area contributed by atoms with E-state index >= 15 is 0 Å². The third-order valence-corrected chi connectivity index (χ3v) is 6.18. The zero-order valence-corrected chi connectivity index (χ0v) is 19.8. The van der Waals surface area contributed by atoms with Gasteiger partial charge in [-0.2, -0.15) is 5.10 Å². The van der Waals surface area contributed by atoms with E-state index in [1.54, 1.807) is 12.3 Å². The number of amides is 1. The number of fused-ring (bicyclic) bond motifs is 3. The number of halogens is 1. The zero-order valence-electron chi connectivity index (χ0n) is 19.8. The third kappa shape index (κ3) is 4.33. The molecule has 3 aromatic carbocycles. The summed E-state index contributed by atoms with van der Waals surface area (Å²) in [6.07, 6.45) is 1.74. The van der Waals surface area contributed by atoms with E-state index in [0.29, 0.717) is 23.2 Å². The normalized spacial score (nSPS) is 11.3. The molecule has 35 heavy (non-hydrogen) atoms. The van der Waals surface area contributed by atoms with Gasteiger partial charge in [-0.25, -0.2) is 9.07 Å². The summed E-state index contributed by atoms with van der Waals surface area (Å²) in [4.78, 5) is 26.1. The van der Waals surface area contributed by atoms with Crippen LogP contribution in [0.5, 0.6) is 0 Å². The van der Waals surface area contributed by atoms with Gasteiger partial charge in [0.05, 0.1) is 11.1 Å². The van der Waals surface area contributed by atoms with Crippen LogP contribution in [0.2, 0.25) is 0 Å². The van der Waals surface area contributed by atoms with Gasteiger partial charge in [-0.05, 0) is 55.7 Å². The minimum Gasteiger partial charge on any atom is -0.342 e. The van der Waals surface area contributed by atoms with Gasteiger partial charge in [-0.15, -0.1) is 0 Å². The number of rotatable bonds is 5. The smallest absolute Gasteiger partial charge is 0.278 e. The molecule has 2 heterocycles. The molecule has 6 nitrogen and oxygen atoms in total. The van der Waals surface area contributed by atoms with Crippen molar-refractivity contribution in [2.24, 2.45) is 0 Å². The molecule has 0 radical (unpaired) electrons. The molecule has 0 saturated carbocycles. The number of anilines is 1. The molecule has 7 heteroatoms. The summed E-state index contributed by atoms with van der Waals surface area (Å²) in [5.74, 6) is -0.765. The van der Waals surface area contributed by atoms with Gasteiger partial charge < -0.3 is 9.88 Å². The molecule has 0 bridgehead atoms. The van der Waals surface area contributed by atoms with Crippen molar-refractivity contribution in [3.8, 4) is 11.3 Å². The van der Waals surface area contributed by atoms with Crippen LogP contribution in [0, 0.1) is 26.6 Å². The quantitative estimate of drug-likeness (QED) is 0.392. The van der Waals surface area contributed by atoms with Crippen LogP contribution in [0.15, 0.2) is 71.7 Å². The summed E-state index contributed by atoms with van der Waals surface area (Å²) in [6, 6.07) is 18.3. The standard InChI is InChI=1S/C28H25FN4O2/c1-17-11-18(2)26(19(3)12-17)30-25(34)16-33-28(35)23-15-32(14-20-7-5-4-6-8-20)24-10-9-21(29)13-22(24)27(23)31-33/h4-13,15H,14,16H2,1-3H3,(H,30,34). The van der Waals surface area contributed by atoms with E-state index in [9.17, 15) is 14.0 Å². The van der Waals surface area contributed by atoms with E-state index in [1.165, 1.54) is 12.1 Å². The summed E-state index contributed by atoms with van der Waals surface area (Å²) >= 11 is 0. The first kappa shape index (κ1) is 22.5. The van der Waals surface area contributed by atoms with Crippen molar-refractivity contribution in [3.05, 3.63) is 105 Å². The molecule has 2 aliphatic heterocycles. The lowest BCUT2D eigenvalue weighted by atomic mass is 10.1. The van der Waals surface area contributed by atoms with Crippen molar-refractivity contribution in [3.63, 3.8) is 0 Å². The van der Waals surface area contributed by atoms with Crippen molar-refractivity contribution in [2.75, 3.05) is 5.32 Å². The molecule has 0 aliphatic carbocycles. The maximum Gasteiger partial charge on any atom is 0.278 e. The highest BCUT2D eigenvalue weighted by molar-refractivity contribution is 5.95. The van der Waals surface area contributed by atoms with Crippen LogP contribution in [0.4, 0.5) is 10.1 Å². The first-order chi connectivity index (χ1) is 16.8. The fourth-order valence-corrected chi connectivity index (χ4v) is 4.66. The highest BCUT2D eigenvalue weighted by atomic mass is 19.1. The van der Waals surface area contributed by atoms with Gasteiger partial charge >= 0.3 is 0 Å². The maximum absolute atomic E-state index is 14.2. The van der Waals surface area contributed by atoms with Gasteiger partial charge in [0.15, 0.2) is 0 Å². The SMILES string of the molecule is Cc1cc(C)c(NC(=O)Cn2nc3c4cc(F)ccc4n(Cc4ccccc4)cc-3c2=O)c(C)c1. The number of benzene rings is 3. The van der Waals surface area contributed by atoms with Crippen LogP contribution < -0.4 is 10.9 Å². The van der Waals surface area contributed by atoms with Gasteiger partial charge in [0.1, 0.15) is 18.1 Å². The summed E-state index contributed by atoms with van der Waals surface area (Å²) in [5, 5.41) is 7.87. The minimum atomic E-state index is -0.415. The van der Waals surface area contributed by atoms with Gasteiger partial charge in [-0.1, -0.05) is 48.0 Å². The Labute approximate surface area is 202 Å². The van der Waals surface area contributed by atoms with E-state index in [-0.39, 0.29) is 18.0 Å². The fraction of sp³-hybridized carbons (Fsp3) is 0.179. The summed E-state index contributed by atoms with van der Waals surface area (Å²) in [6.45, 7) is 6.14. The van der Waals surface area contributed by atoms with E-state index in [0.717, 1.165) is 38.1 Å². The molecule has 0 atom stereocenters. The van der Waals surface area contributed by atoms with Crippen LogP contribution in [0.25, 0.3) is 22.2 Å². The average molecular weight is 469 g/mol. The molecule has 0 saturated heterocycles. The lowest BCUT2D eigenvalue weighted by Gasteiger charge is -2.14. The van der Waals surface area contributed by atoms with Crippen molar-refractivity contribution >= 4 is 22.5 Å². The van der Waals surface area contributed by atoms with E-state index in [1.807, 2.05) is 67.8 Å². The van der Waals surface area contributed by atoms with Crippen LogP contribution in [0.1, 0.15) is 22.3 Å². The molecule has 1 amide bonds. The Kier molecular flexibility index (Phi) is 5.68. The average Bonchev–Trinajstić information content (AvgIpc) is 3.12. The monoisotopic (exact) mass is 468 g/mol. The topological polar surface area (TPSA) is 68.9 Å². The van der Waals surface area contributed by atoms with Crippen LogP contribution in [-0.2, 0) is 17.9 Å². The number of aromatic nitrogens is 3. The van der Waals surface area contributed by atoms with Crippen molar-refractivity contribution < 1.29 is 9.18 Å². The Balaban J connectivity index is 1.55. The molecule has 0 spiro atoms. The second-order valence-corrected chi connectivity index (χ2v) is 8.95. The maximum atomic E-state index is 14.2. The van der Waals surface area contributed by atoms with Gasteiger partial charge in [0.25, 0.3) is 5.56 Å².